The van der Waals surface area contributed by atoms with E-state index in [1.807, 2.05) is 6.92 Å². The van der Waals surface area contributed by atoms with Crippen LogP contribution in [0.2, 0.25) is 0 Å². The second-order valence-corrected chi connectivity index (χ2v) is 6.39. The standard InChI is InChI=1S/C15H29N3O/c1-11-10-13(16)8-9-18(11)12(2)15(19)17-14-6-4-3-5-7-14/h11-14H,3-10,16H2,1-2H3,(H,17,19). The summed E-state index contributed by atoms with van der Waals surface area (Å²) in [5.74, 6) is 0.203. The lowest BCUT2D eigenvalue weighted by atomic mass is 9.94. The number of carbonyl (C=O) groups is 1. The van der Waals surface area contributed by atoms with E-state index >= 15 is 0 Å². The van der Waals surface area contributed by atoms with Crippen molar-refractivity contribution in [3.8, 4) is 0 Å². The van der Waals surface area contributed by atoms with Crippen molar-refractivity contribution in [1.82, 2.24) is 10.2 Å². The van der Waals surface area contributed by atoms with Crippen LogP contribution in [0.3, 0.4) is 0 Å². The summed E-state index contributed by atoms with van der Waals surface area (Å²) in [4.78, 5) is 14.7. The zero-order chi connectivity index (χ0) is 13.8. The number of rotatable bonds is 3. The van der Waals surface area contributed by atoms with Crippen LogP contribution >= 0.6 is 0 Å². The Bertz CT molecular complexity index is 302. The topological polar surface area (TPSA) is 58.4 Å². The number of amides is 1. The third kappa shape index (κ3) is 3.93. The van der Waals surface area contributed by atoms with Gasteiger partial charge in [-0.3, -0.25) is 9.69 Å². The van der Waals surface area contributed by atoms with Crippen molar-refractivity contribution < 1.29 is 4.79 Å². The molecule has 1 saturated carbocycles. The normalized spacial score (nSPS) is 31.9. The summed E-state index contributed by atoms with van der Waals surface area (Å²) in [7, 11) is 0. The molecule has 0 spiro atoms. The molecule has 0 aromatic rings. The highest BCUT2D eigenvalue weighted by molar-refractivity contribution is 5.81. The highest BCUT2D eigenvalue weighted by Crippen LogP contribution is 2.20. The Morgan fingerprint density at radius 3 is 2.58 bits per heavy atom. The summed E-state index contributed by atoms with van der Waals surface area (Å²) in [6.07, 6.45) is 8.15. The van der Waals surface area contributed by atoms with E-state index < -0.39 is 0 Å². The van der Waals surface area contributed by atoms with Crippen LogP contribution < -0.4 is 11.1 Å². The van der Waals surface area contributed by atoms with Gasteiger partial charge in [0.25, 0.3) is 0 Å². The Morgan fingerprint density at radius 2 is 1.95 bits per heavy atom. The Morgan fingerprint density at radius 1 is 1.26 bits per heavy atom. The average molecular weight is 267 g/mol. The maximum atomic E-state index is 12.4. The van der Waals surface area contributed by atoms with E-state index in [9.17, 15) is 4.79 Å². The van der Waals surface area contributed by atoms with E-state index in [1.54, 1.807) is 0 Å². The monoisotopic (exact) mass is 267 g/mol. The van der Waals surface area contributed by atoms with Gasteiger partial charge < -0.3 is 11.1 Å². The van der Waals surface area contributed by atoms with Crippen LogP contribution in [0.25, 0.3) is 0 Å². The van der Waals surface area contributed by atoms with Gasteiger partial charge in [-0.25, -0.2) is 0 Å². The molecule has 110 valence electrons. The Labute approximate surface area is 117 Å². The van der Waals surface area contributed by atoms with E-state index in [-0.39, 0.29) is 11.9 Å². The van der Waals surface area contributed by atoms with Gasteiger partial charge in [-0.1, -0.05) is 19.3 Å². The molecule has 3 unspecified atom stereocenters. The van der Waals surface area contributed by atoms with Crippen LogP contribution in [-0.4, -0.2) is 41.5 Å². The van der Waals surface area contributed by atoms with Crippen LogP contribution in [-0.2, 0) is 4.79 Å². The third-order valence-corrected chi connectivity index (χ3v) is 4.80. The molecule has 1 aliphatic carbocycles. The molecule has 1 heterocycles. The largest absolute Gasteiger partial charge is 0.352 e. The number of nitrogens with zero attached hydrogens (tertiary/aromatic N) is 1. The first kappa shape index (κ1) is 14.8. The molecule has 1 aliphatic heterocycles. The molecule has 0 aromatic carbocycles. The van der Waals surface area contributed by atoms with Crippen molar-refractivity contribution in [3.05, 3.63) is 0 Å². The molecule has 19 heavy (non-hydrogen) atoms. The first-order valence-electron chi connectivity index (χ1n) is 7.89. The first-order valence-corrected chi connectivity index (χ1v) is 7.89. The van der Waals surface area contributed by atoms with Gasteiger partial charge in [0.15, 0.2) is 0 Å². The Kier molecular flexibility index (Phi) is 5.22. The molecule has 2 aliphatic rings. The van der Waals surface area contributed by atoms with Crippen molar-refractivity contribution in [3.63, 3.8) is 0 Å². The molecular weight excluding hydrogens is 238 g/mol. The van der Waals surface area contributed by atoms with Crippen molar-refractivity contribution in [2.24, 2.45) is 5.73 Å². The van der Waals surface area contributed by atoms with Crippen LogP contribution in [0, 0.1) is 0 Å². The molecule has 0 bridgehead atoms. The van der Waals surface area contributed by atoms with Gasteiger partial charge in [-0.15, -0.1) is 0 Å². The smallest absolute Gasteiger partial charge is 0.237 e. The summed E-state index contributed by atoms with van der Waals surface area (Å²) >= 11 is 0. The summed E-state index contributed by atoms with van der Waals surface area (Å²) in [5, 5.41) is 3.24. The summed E-state index contributed by atoms with van der Waals surface area (Å²) in [5.41, 5.74) is 5.99. The number of likely N-dealkylation sites (tertiary alicyclic amines) is 1. The average Bonchev–Trinajstić information content (AvgIpc) is 2.39. The fourth-order valence-electron chi connectivity index (χ4n) is 3.52. The lowest BCUT2D eigenvalue weighted by molar-refractivity contribution is -0.128. The fraction of sp³-hybridized carbons (Fsp3) is 0.933. The third-order valence-electron chi connectivity index (χ3n) is 4.80. The molecule has 0 radical (unpaired) electrons. The zero-order valence-electron chi connectivity index (χ0n) is 12.4. The molecule has 1 saturated heterocycles. The van der Waals surface area contributed by atoms with Crippen molar-refractivity contribution in [1.29, 1.82) is 0 Å². The number of hydrogen-bond acceptors (Lipinski definition) is 3. The quantitative estimate of drug-likeness (QED) is 0.817. The second-order valence-electron chi connectivity index (χ2n) is 6.39. The minimum Gasteiger partial charge on any atom is -0.352 e. The molecular formula is C15H29N3O. The Balaban J connectivity index is 1.84. The molecule has 2 fully saturated rings. The highest BCUT2D eigenvalue weighted by Gasteiger charge is 2.31. The summed E-state index contributed by atoms with van der Waals surface area (Å²) in [6, 6.07) is 1.10. The van der Waals surface area contributed by atoms with Crippen molar-refractivity contribution >= 4 is 5.91 Å². The van der Waals surface area contributed by atoms with Gasteiger partial charge in [0.1, 0.15) is 0 Å². The SMILES string of the molecule is CC1CC(N)CCN1C(C)C(=O)NC1CCCCC1. The second kappa shape index (κ2) is 6.71. The predicted octanol–water partition coefficient (Wildman–Crippen LogP) is 1.64. The number of carbonyl (C=O) groups excluding carboxylic acids is 1. The van der Waals surface area contributed by atoms with Gasteiger partial charge in [0.05, 0.1) is 6.04 Å². The van der Waals surface area contributed by atoms with Crippen molar-refractivity contribution in [2.75, 3.05) is 6.54 Å². The molecule has 1 amide bonds. The van der Waals surface area contributed by atoms with Crippen LogP contribution in [0.5, 0.6) is 0 Å². The van der Waals surface area contributed by atoms with E-state index in [4.69, 9.17) is 5.73 Å². The number of nitrogens with two attached hydrogens (primary N) is 1. The van der Waals surface area contributed by atoms with Gasteiger partial charge in [0, 0.05) is 24.7 Å². The highest BCUT2D eigenvalue weighted by atomic mass is 16.2. The number of hydrogen-bond donors (Lipinski definition) is 2. The fourth-order valence-corrected chi connectivity index (χ4v) is 3.52. The van der Waals surface area contributed by atoms with E-state index in [0.717, 1.165) is 32.2 Å². The van der Waals surface area contributed by atoms with Gasteiger partial charge in [-0.05, 0) is 39.5 Å². The molecule has 4 heteroatoms. The Hall–Kier alpha value is -0.610. The lowest BCUT2D eigenvalue weighted by Gasteiger charge is -2.40. The number of piperidine rings is 1. The molecule has 2 rings (SSSR count). The molecule has 4 nitrogen and oxygen atoms in total. The maximum Gasteiger partial charge on any atom is 0.237 e. The van der Waals surface area contributed by atoms with E-state index in [1.165, 1.54) is 19.3 Å². The minimum absolute atomic E-state index is 0.0237. The van der Waals surface area contributed by atoms with Gasteiger partial charge in [-0.2, -0.15) is 0 Å². The van der Waals surface area contributed by atoms with E-state index in [2.05, 4.69) is 17.1 Å². The molecule has 0 aromatic heterocycles. The van der Waals surface area contributed by atoms with Gasteiger partial charge >= 0.3 is 0 Å². The summed E-state index contributed by atoms with van der Waals surface area (Å²) in [6.45, 7) is 5.16. The lowest BCUT2D eigenvalue weighted by Crippen LogP contribution is -2.55. The summed E-state index contributed by atoms with van der Waals surface area (Å²) < 4.78 is 0. The van der Waals surface area contributed by atoms with E-state index in [0.29, 0.717) is 18.1 Å². The first-order chi connectivity index (χ1) is 9.08. The predicted molar refractivity (Wildman–Crippen MR) is 77.9 cm³/mol. The van der Waals surface area contributed by atoms with Crippen LogP contribution in [0.4, 0.5) is 0 Å². The van der Waals surface area contributed by atoms with Gasteiger partial charge in [0.2, 0.25) is 5.91 Å². The zero-order valence-corrected chi connectivity index (χ0v) is 12.4. The molecule has 3 N–H and O–H groups in total. The minimum atomic E-state index is -0.0237. The van der Waals surface area contributed by atoms with Crippen LogP contribution in [0.15, 0.2) is 0 Å². The maximum absolute atomic E-state index is 12.4. The molecule has 3 atom stereocenters. The van der Waals surface area contributed by atoms with Crippen LogP contribution in [0.1, 0.15) is 58.8 Å². The number of nitrogens with one attached hydrogen (secondary N) is 1. The van der Waals surface area contributed by atoms with Crippen molar-refractivity contribution in [2.45, 2.75) is 83.0 Å².